The molecule has 1 rings (SSSR count). The molecule has 0 unspecified atom stereocenters. The molecule has 0 radical (unpaired) electrons. The van der Waals surface area contributed by atoms with Crippen molar-refractivity contribution >= 4 is 12.0 Å². The van der Waals surface area contributed by atoms with E-state index < -0.39 is 17.6 Å². The summed E-state index contributed by atoms with van der Waals surface area (Å²) in [5.74, 6) is -0.516. The third kappa shape index (κ3) is 5.92. The van der Waals surface area contributed by atoms with Gasteiger partial charge < -0.3 is 10.1 Å². The molecule has 6 heteroatoms. The van der Waals surface area contributed by atoms with E-state index in [1.807, 2.05) is 0 Å². The first-order valence-corrected chi connectivity index (χ1v) is 6.77. The highest BCUT2D eigenvalue weighted by molar-refractivity contribution is 5.80. The normalized spacial score (nSPS) is 16.8. The maximum absolute atomic E-state index is 11.7. The summed E-state index contributed by atoms with van der Waals surface area (Å²) in [7, 11) is 0. The fraction of sp³-hybridized carbons (Fsp3) is 0.846. The Balaban J connectivity index is 2.32. The van der Waals surface area contributed by atoms with Crippen LogP contribution in [-0.4, -0.2) is 40.5 Å². The fourth-order valence-electron chi connectivity index (χ4n) is 2.10. The molecule has 1 saturated carbocycles. The first kappa shape index (κ1) is 15.8. The second-order valence-corrected chi connectivity index (χ2v) is 5.88. The van der Waals surface area contributed by atoms with Gasteiger partial charge in [0.1, 0.15) is 12.1 Å². The Hall–Kier alpha value is -1.30. The number of ether oxygens (including phenoxy) is 1. The van der Waals surface area contributed by atoms with E-state index in [9.17, 15) is 14.8 Å². The van der Waals surface area contributed by atoms with E-state index >= 15 is 0 Å². The molecule has 0 saturated heterocycles. The average molecular weight is 272 g/mol. The average Bonchev–Trinajstić information content (AvgIpc) is 2.34. The summed E-state index contributed by atoms with van der Waals surface area (Å²) in [5, 5.41) is 12.8. The van der Waals surface area contributed by atoms with Crippen molar-refractivity contribution in [1.29, 1.82) is 0 Å². The summed E-state index contributed by atoms with van der Waals surface area (Å²) < 4.78 is 5.06. The van der Waals surface area contributed by atoms with Gasteiger partial charge >= 0.3 is 12.0 Å². The van der Waals surface area contributed by atoms with E-state index in [1.165, 1.54) is 0 Å². The van der Waals surface area contributed by atoms with Crippen molar-refractivity contribution in [2.24, 2.45) is 0 Å². The van der Waals surface area contributed by atoms with Crippen LogP contribution < -0.4 is 5.32 Å². The van der Waals surface area contributed by atoms with Crippen LogP contribution in [0.1, 0.15) is 52.9 Å². The molecular formula is C13H24N2O4. The summed E-state index contributed by atoms with van der Waals surface area (Å²) in [5.41, 5.74) is -0.579. The number of carbonyl (C=O) groups is 2. The molecule has 0 aromatic carbocycles. The van der Waals surface area contributed by atoms with E-state index in [1.54, 1.807) is 20.8 Å². The van der Waals surface area contributed by atoms with Crippen molar-refractivity contribution in [3.8, 4) is 0 Å². The minimum atomic E-state index is -0.641. The molecule has 2 amide bonds. The van der Waals surface area contributed by atoms with Crippen molar-refractivity contribution in [3.63, 3.8) is 0 Å². The molecule has 0 bridgehead atoms. The van der Waals surface area contributed by atoms with Crippen LogP contribution in [0.5, 0.6) is 0 Å². The van der Waals surface area contributed by atoms with Gasteiger partial charge in [0.25, 0.3) is 0 Å². The number of hydrogen-bond donors (Lipinski definition) is 2. The van der Waals surface area contributed by atoms with E-state index in [2.05, 4.69) is 5.32 Å². The number of carbonyl (C=O) groups excluding carboxylic acids is 2. The highest BCUT2D eigenvalue weighted by Crippen LogP contribution is 2.21. The number of nitrogens with one attached hydrogen (secondary N) is 1. The molecule has 1 fully saturated rings. The van der Waals surface area contributed by atoms with Crippen LogP contribution in [0.15, 0.2) is 0 Å². The summed E-state index contributed by atoms with van der Waals surface area (Å²) in [6.45, 7) is 5.03. The third-order valence-electron chi connectivity index (χ3n) is 2.93. The molecule has 0 atom stereocenters. The molecule has 1 aliphatic rings. The van der Waals surface area contributed by atoms with Crippen LogP contribution in [0.2, 0.25) is 0 Å². The van der Waals surface area contributed by atoms with Crippen LogP contribution >= 0.6 is 0 Å². The summed E-state index contributed by atoms with van der Waals surface area (Å²) in [6.07, 6.45) is 4.78. The molecule has 0 heterocycles. The van der Waals surface area contributed by atoms with Crippen molar-refractivity contribution < 1.29 is 19.5 Å². The Bertz CT molecular complexity index is 319. The van der Waals surface area contributed by atoms with Crippen LogP contribution in [0.3, 0.4) is 0 Å². The lowest BCUT2D eigenvalue weighted by Gasteiger charge is -2.29. The van der Waals surface area contributed by atoms with Gasteiger partial charge in [0, 0.05) is 0 Å². The van der Waals surface area contributed by atoms with E-state index in [4.69, 9.17) is 4.74 Å². The zero-order chi connectivity index (χ0) is 14.5. The molecule has 0 spiro atoms. The molecule has 6 nitrogen and oxygen atoms in total. The first-order valence-electron chi connectivity index (χ1n) is 6.77. The van der Waals surface area contributed by atoms with Gasteiger partial charge in [0.2, 0.25) is 0 Å². The standard InChI is InChI=1S/C13H24N2O4/c1-13(2,3)19-11(16)9-14-12(17)15(18)10-7-5-4-6-8-10/h10,18H,4-9H2,1-3H3,(H,14,17). The first-order chi connectivity index (χ1) is 8.79. The van der Waals surface area contributed by atoms with Gasteiger partial charge in [-0.25, -0.2) is 9.86 Å². The highest BCUT2D eigenvalue weighted by Gasteiger charge is 2.25. The lowest BCUT2D eigenvalue weighted by Crippen LogP contribution is -2.46. The van der Waals surface area contributed by atoms with Crippen LogP contribution in [-0.2, 0) is 9.53 Å². The molecular weight excluding hydrogens is 248 g/mol. The highest BCUT2D eigenvalue weighted by atomic mass is 16.6. The minimum Gasteiger partial charge on any atom is -0.459 e. The van der Waals surface area contributed by atoms with E-state index in [-0.39, 0.29) is 12.6 Å². The van der Waals surface area contributed by atoms with Crippen molar-refractivity contribution in [2.75, 3.05) is 6.54 Å². The largest absolute Gasteiger partial charge is 0.459 e. The number of hydroxylamine groups is 2. The summed E-state index contributed by atoms with van der Waals surface area (Å²) in [6, 6.07) is -0.787. The lowest BCUT2D eigenvalue weighted by molar-refractivity contribution is -0.153. The predicted molar refractivity (Wildman–Crippen MR) is 69.7 cm³/mol. The Kier molecular flexibility index (Phi) is 5.60. The quantitative estimate of drug-likeness (QED) is 0.468. The third-order valence-corrected chi connectivity index (χ3v) is 2.93. The van der Waals surface area contributed by atoms with Crippen LogP contribution in [0.25, 0.3) is 0 Å². The van der Waals surface area contributed by atoms with Gasteiger partial charge in [0.15, 0.2) is 0 Å². The topological polar surface area (TPSA) is 78.9 Å². The molecule has 1 aliphatic carbocycles. The zero-order valence-electron chi connectivity index (χ0n) is 11.9. The van der Waals surface area contributed by atoms with Gasteiger partial charge in [-0.15, -0.1) is 0 Å². The van der Waals surface area contributed by atoms with Crippen LogP contribution in [0, 0.1) is 0 Å². The Morgan fingerprint density at radius 1 is 1.26 bits per heavy atom. The van der Waals surface area contributed by atoms with Gasteiger partial charge in [-0.2, -0.15) is 0 Å². The van der Waals surface area contributed by atoms with Gasteiger partial charge in [-0.3, -0.25) is 10.0 Å². The Labute approximate surface area is 114 Å². The number of esters is 1. The number of rotatable bonds is 3. The summed E-state index contributed by atoms with van der Waals surface area (Å²) >= 11 is 0. The summed E-state index contributed by atoms with van der Waals surface area (Å²) in [4.78, 5) is 23.1. The maximum Gasteiger partial charge on any atom is 0.341 e. The molecule has 19 heavy (non-hydrogen) atoms. The number of nitrogens with zero attached hydrogens (tertiary/aromatic N) is 1. The molecule has 110 valence electrons. The Morgan fingerprint density at radius 2 is 1.84 bits per heavy atom. The predicted octanol–water partition coefficient (Wildman–Crippen LogP) is 2.06. The monoisotopic (exact) mass is 272 g/mol. The van der Waals surface area contributed by atoms with Crippen molar-refractivity contribution in [1.82, 2.24) is 10.4 Å². The molecule has 0 aliphatic heterocycles. The number of urea groups is 1. The molecule has 0 aromatic rings. The number of hydrogen-bond acceptors (Lipinski definition) is 4. The lowest BCUT2D eigenvalue weighted by atomic mass is 9.95. The second kappa shape index (κ2) is 6.75. The Morgan fingerprint density at radius 3 is 2.37 bits per heavy atom. The van der Waals surface area contributed by atoms with Gasteiger partial charge in [-0.1, -0.05) is 19.3 Å². The SMILES string of the molecule is CC(C)(C)OC(=O)CNC(=O)N(O)C1CCCCC1. The second-order valence-electron chi connectivity index (χ2n) is 5.88. The smallest absolute Gasteiger partial charge is 0.341 e. The van der Waals surface area contributed by atoms with Gasteiger partial charge in [-0.05, 0) is 33.6 Å². The van der Waals surface area contributed by atoms with Crippen molar-refractivity contribution in [3.05, 3.63) is 0 Å². The molecule has 2 N–H and O–H groups in total. The number of amides is 2. The van der Waals surface area contributed by atoms with E-state index in [0.717, 1.165) is 32.1 Å². The minimum absolute atomic E-state index is 0.146. The van der Waals surface area contributed by atoms with Crippen molar-refractivity contribution in [2.45, 2.75) is 64.5 Å². The zero-order valence-corrected chi connectivity index (χ0v) is 11.9. The van der Waals surface area contributed by atoms with E-state index in [0.29, 0.717) is 5.06 Å². The fourth-order valence-corrected chi connectivity index (χ4v) is 2.10. The van der Waals surface area contributed by atoms with Crippen LogP contribution in [0.4, 0.5) is 4.79 Å². The maximum atomic E-state index is 11.7. The van der Waals surface area contributed by atoms with Gasteiger partial charge in [0.05, 0.1) is 6.04 Å². The molecule has 0 aromatic heterocycles.